The van der Waals surface area contributed by atoms with Crippen LogP contribution in [0, 0.1) is 12.3 Å². The monoisotopic (exact) mass is 345 g/mol. The maximum Gasteiger partial charge on any atom is 0.133 e. The third kappa shape index (κ3) is 3.27. The van der Waals surface area contributed by atoms with Gasteiger partial charge in [-0.05, 0) is 42.8 Å². The predicted molar refractivity (Wildman–Crippen MR) is 94.9 cm³/mol. The molecule has 0 amide bonds. The summed E-state index contributed by atoms with van der Waals surface area (Å²) in [4.78, 5) is 3.96. The van der Waals surface area contributed by atoms with Gasteiger partial charge in [-0.2, -0.15) is 0 Å². The average molecular weight is 346 g/mol. The number of nitrogens with zero attached hydrogens (tertiary/aromatic N) is 2. The zero-order valence-corrected chi connectivity index (χ0v) is 14.4. The topological polar surface area (TPSA) is 30.3 Å². The van der Waals surface area contributed by atoms with E-state index in [0.717, 1.165) is 27.0 Å². The van der Waals surface area contributed by atoms with Crippen LogP contribution >= 0.6 is 15.9 Å². The first-order valence-corrected chi connectivity index (χ1v) is 7.56. The molecule has 0 fully saturated rings. The van der Waals surface area contributed by atoms with Crippen molar-refractivity contribution in [1.82, 2.24) is 0 Å². The first kappa shape index (κ1) is 15.6. The van der Waals surface area contributed by atoms with Crippen molar-refractivity contribution >= 4 is 33.1 Å². The van der Waals surface area contributed by atoms with E-state index in [-0.39, 0.29) is 0 Å². The standard InChI is InChI=1S/C17H20BrN3/c1-12-6-5-7-15(18)16(12)17(19)21(4)14-10-8-13(9-11-14)20(2)3/h5-11,19H,1-4H3. The maximum absolute atomic E-state index is 8.48. The van der Waals surface area contributed by atoms with Crippen LogP contribution < -0.4 is 9.80 Å². The van der Waals surface area contributed by atoms with Crippen LogP contribution in [0.1, 0.15) is 11.1 Å². The van der Waals surface area contributed by atoms with Crippen molar-refractivity contribution in [2.45, 2.75) is 6.92 Å². The van der Waals surface area contributed by atoms with Gasteiger partial charge in [0, 0.05) is 42.6 Å². The fraction of sp³-hybridized carbons (Fsp3) is 0.235. The second-order valence-corrected chi connectivity index (χ2v) is 6.10. The number of hydrogen-bond acceptors (Lipinski definition) is 2. The van der Waals surface area contributed by atoms with E-state index in [2.05, 4.69) is 33.0 Å². The van der Waals surface area contributed by atoms with E-state index in [4.69, 9.17) is 5.41 Å². The largest absolute Gasteiger partial charge is 0.378 e. The predicted octanol–water partition coefficient (Wildman–Crippen LogP) is 4.29. The highest BCUT2D eigenvalue weighted by Gasteiger charge is 2.14. The number of anilines is 2. The SMILES string of the molecule is Cc1cccc(Br)c1C(=N)N(C)c1ccc(N(C)C)cc1. The Labute approximate surface area is 134 Å². The molecule has 2 aromatic rings. The van der Waals surface area contributed by atoms with Crippen molar-refractivity contribution in [3.63, 3.8) is 0 Å². The van der Waals surface area contributed by atoms with Crippen LogP contribution in [-0.2, 0) is 0 Å². The molecular weight excluding hydrogens is 326 g/mol. The molecule has 2 aromatic carbocycles. The van der Waals surface area contributed by atoms with Crippen LogP contribution in [0.15, 0.2) is 46.9 Å². The van der Waals surface area contributed by atoms with Crippen molar-refractivity contribution in [1.29, 1.82) is 5.41 Å². The van der Waals surface area contributed by atoms with Crippen LogP contribution in [0.2, 0.25) is 0 Å². The fourth-order valence-corrected chi connectivity index (χ4v) is 2.86. The van der Waals surface area contributed by atoms with E-state index in [1.165, 1.54) is 0 Å². The molecule has 0 aromatic heterocycles. The third-order valence-electron chi connectivity index (χ3n) is 3.55. The number of aryl methyl sites for hydroxylation is 1. The summed E-state index contributed by atoms with van der Waals surface area (Å²) >= 11 is 3.55. The number of nitrogens with one attached hydrogen (secondary N) is 1. The van der Waals surface area contributed by atoms with E-state index in [1.54, 1.807) is 0 Å². The van der Waals surface area contributed by atoms with Crippen LogP contribution in [0.3, 0.4) is 0 Å². The second kappa shape index (κ2) is 6.31. The van der Waals surface area contributed by atoms with Gasteiger partial charge < -0.3 is 9.80 Å². The van der Waals surface area contributed by atoms with Gasteiger partial charge in [0.2, 0.25) is 0 Å². The molecule has 3 nitrogen and oxygen atoms in total. The summed E-state index contributed by atoms with van der Waals surface area (Å²) < 4.78 is 0.948. The molecule has 0 aliphatic carbocycles. The third-order valence-corrected chi connectivity index (χ3v) is 4.21. The van der Waals surface area contributed by atoms with Gasteiger partial charge in [0.25, 0.3) is 0 Å². The van der Waals surface area contributed by atoms with Crippen molar-refractivity contribution in [2.24, 2.45) is 0 Å². The minimum atomic E-state index is 0.484. The zero-order chi connectivity index (χ0) is 15.6. The Hall–Kier alpha value is -1.81. The van der Waals surface area contributed by atoms with E-state index in [0.29, 0.717) is 5.84 Å². The lowest BCUT2D eigenvalue weighted by molar-refractivity contribution is 1.13. The molecule has 0 saturated carbocycles. The molecule has 0 aliphatic rings. The van der Waals surface area contributed by atoms with Crippen molar-refractivity contribution in [2.75, 3.05) is 30.9 Å². The minimum absolute atomic E-state index is 0.484. The molecule has 0 heterocycles. The Balaban J connectivity index is 2.31. The molecule has 4 heteroatoms. The summed E-state index contributed by atoms with van der Waals surface area (Å²) in [5.74, 6) is 0.484. The molecule has 0 radical (unpaired) electrons. The molecule has 110 valence electrons. The molecule has 0 spiro atoms. The molecule has 21 heavy (non-hydrogen) atoms. The van der Waals surface area contributed by atoms with E-state index < -0.39 is 0 Å². The Morgan fingerprint density at radius 3 is 2.05 bits per heavy atom. The van der Waals surface area contributed by atoms with E-state index in [1.807, 2.05) is 63.3 Å². The highest BCUT2D eigenvalue weighted by Crippen LogP contribution is 2.25. The Bertz CT molecular complexity index is 627. The van der Waals surface area contributed by atoms with Gasteiger partial charge in [-0.25, -0.2) is 0 Å². The number of halogens is 1. The highest BCUT2D eigenvalue weighted by atomic mass is 79.9. The lowest BCUT2D eigenvalue weighted by Crippen LogP contribution is -2.27. The summed E-state index contributed by atoms with van der Waals surface area (Å²) in [6, 6.07) is 14.2. The smallest absolute Gasteiger partial charge is 0.133 e. The Morgan fingerprint density at radius 1 is 0.952 bits per heavy atom. The van der Waals surface area contributed by atoms with E-state index >= 15 is 0 Å². The summed E-state index contributed by atoms with van der Waals surface area (Å²) in [6.45, 7) is 2.03. The van der Waals surface area contributed by atoms with Crippen molar-refractivity contribution < 1.29 is 0 Å². The maximum atomic E-state index is 8.48. The van der Waals surface area contributed by atoms with Gasteiger partial charge in [-0.15, -0.1) is 0 Å². The first-order valence-electron chi connectivity index (χ1n) is 6.77. The summed E-state index contributed by atoms with van der Waals surface area (Å²) in [5.41, 5.74) is 4.17. The normalized spacial score (nSPS) is 10.3. The Morgan fingerprint density at radius 2 is 1.52 bits per heavy atom. The van der Waals surface area contributed by atoms with Gasteiger partial charge in [-0.1, -0.05) is 28.1 Å². The number of rotatable bonds is 3. The van der Waals surface area contributed by atoms with Gasteiger partial charge in [0.1, 0.15) is 5.84 Å². The summed E-state index contributed by atoms with van der Waals surface area (Å²) in [7, 11) is 5.96. The number of benzene rings is 2. The summed E-state index contributed by atoms with van der Waals surface area (Å²) in [5, 5.41) is 8.48. The Kier molecular flexibility index (Phi) is 4.68. The second-order valence-electron chi connectivity index (χ2n) is 5.25. The van der Waals surface area contributed by atoms with Crippen LogP contribution in [0.5, 0.6) is 0 Å². The molecule has 0 atom stereocenters. The molecule has 0 unspecified atom stereocenters. The van der Waals surface area contributed by atoms with Crippen molar-refractivity contribution in [3.8, 4) is 0 Å². The quantitative estimate of drug-likeness (QED) is 0.664. The van der Waals surface area contributed by atoms with Gasteiger partial charge in [-0.3, -0.25) is 5.41 Å². The van der Waals surface area contributed by atoms with E-state index in [9.17, 15) is 0 Å². The molecule has 2 rings (SSSR count). The minimum Gasteiger partial charge on any atom is -0.378 e. The summed E-state index contributed by atoms with van der Waals surface area (Å²) in [6.07, 6.45) is 0. The molecule has 0 saturated heterocycles. The lowest BCUT2D eigenvalue weighted by Gasteiger charge is -2.23. The fourth-order valence-electron chi connectivity index (χ4n) is 2.20. The lowest BCUT2D eigenvalue weighted by atomic mass is 10.1. The number of hydrogen-bond donors (Lipinski definition) is 1. The molecule has 0 bridgehead atoms. The molecular formula is C17H20BrN3. The van der Waals surface area contributed by atoms with Gasteiger partial charge in [0.05, 0.1) is 0 Å². The molecule has 0 aliphatic heterocycles. The van der Waals surface area contributed by atoms with Gasteiger partial charge in [0.15, 0.2) is 0 Å². The van der Waals surface area contributed by atoms with Crippen LogP contribution in [0.4, 0.5) is 11.4 Å². The van der Waals surface area contributed by atoms with Crippen LogP contribution in [-0.4, -0.2) is 27.0 Å². The van der Waals surface area contributed by atoms with Crippen LogP contribution in [0.25, 0.3) is 0 Å². The molecule has 1 N–H and O–H groups in total. The van der Waals surface area contributed by atoms with Crippen molar-refractivity contribution in [3.05, 3.63) is 58.1 Å². The number of amidine groups is 1. The highest BCUT2D eigenvalue weighted by molar-refractivity contribution is 9.10. The van der Waals surface area contributed by atoms with Gasteiger partial charge >= 0.3 is 0 Å². The average Bonchev–Trinajstić information content (AvgIpc) is 2.46. The zero-order valence-electron chi connectivity index (χ0n) is 12.8. The first-order chi connectivity index (χ1) is 9.91.